The number of benzene rings is 1. The van der Waals surface area contributed by atoms with Crippen LogP contribution in [0.5, 0.6) is 0 Å². The van der Waals surface area contributed by atoms with Gasteiger partial charge in [-0.15, -0.1) is 0 Å². The van der Waals surface area contributed by atoms with Gasteiger partial charge in [-0.2, -0.15) is 0 Å². The largest absolute Gasteiger partial charge is 0.481 e. The van der Waals surface area contributed by atoms with Crippen LogP contribution >= 0.6 is 22.6 Å². The van der Waals surface area contributed by atoms with Crippen molar-refractivity contribution in [3.05, 3.63) is 33.4 Å². The molecule has 0 aliphatic rings. The van der Waals surface area contributed by atoms with E-state index < -0.39 is 5.97 Å². The molecule has 0 unspecified atom stereocenters. The molecule has 0 spiro atoms. The van der Waals surface area contributed by atoms with Crippen LogP contribution in [0.1, 0.15) is 23.2 Å². The van der Waals surface area contributed by atoms with Crippen LogP contribution in [-0.4, -0.2) is 23.5 Å². The van der Waals surface area contributed by atoms with Crippen molar-refractivity contribution in [2.45, 2.75) is 12.8 Å². The molecule has 5 heteroatoms. The van der Waals surface area contributed by atoms with Gasteiger partial charge in [0.25, 0.3) is 5.91 Å². The van der Waals surface area contributed by atoms with Crippen LogP contribution in [0.3, 0.4) is 0 Å². The molecule has 0 radical (unpaired) electrons. The Morgan fingerprint density at radius 1 is 1.31 bits per heavy atom. The monoisotopic (exact) mass is 333 g/mol. The molecule has 0 atom stereocenters. The molecule has 1 amide bonds. The minimum atomic E-state index is -0.844. The van der Waals surface area contributed by atoms with E-state index in [0.29, 0.717) is 18.5 Å². The highest BCUT2D eigenvalue weighted by Gasteiger charge is 2.08. The number of amides is 1. The third-order valence-electron chi connectivity index (χ3n) is 1.97. The number of carbonyl (C=O) groups is 2. The van der Waals surface area contributed by atoms with Crippen LogP contribution in [-0.2, 0) is 4.79 Å². The summed E-state index contributed by atoms with van der Waals surface area (Å²) in [7, 11) is 0. The number of hydrogen-bond donors (Lipinski definition) is 2. The van der Waals surface area contributed by atoms with E-state index in [1.54, 1.807) is 12.1 Å². The molecule has 86 valence electrons. The summed E-state index contributed by atoms with van der Waals surface area (Å²) in [5, 5.41) is 11.1. The number of hydrogen-bond acceptors (Lipinski definition) is 2. The van der Waals surface area contributed by atoms with Crippen LogP contribution in [0.25, 0.3) is 0 Å². The predicted octanol–water partition coefficient (Wildman–Crippen LogP) is 1.89. The fraction of sp³-hybridized carbons (Fsp3) is 0.273. The summed E-state index contributed by atoms with van der Waals surface area (Å²) in [5.41, 5.74) is 0.624. The molecule has 0 bridgehead atoms. The van der Waals surface area contributed by atoms with E-state index in [0.717, 1.165) is 3.57 Å². The maximum atomic E-state index is 11.6. The summed E-state index contributed by atoms with van der Waals surface area (Å²) < 4.78 is 0.885. The zero-order chi connectivity index (χ0) is 12.0. The van der Waals surface area contributed by atoms with Gasteiger partial charge in [0.1, 0.15) is 0 Å². The maximum absolute atomic E-state index is 11.6. The third kappa shape index (κ3) is 4.18. The van der Waals surface area contributed by atoms with Gasteiger partial charge in [-0.1, -0.05) is 12.1 Å². The van der Waals surface area contributed by atoms with Gasteiger partial charge in [-0.25, -0.2) is 0 Å². The summed E-state index contributed by atoms with van der Waals surface area (Å²) >= 11 is 2.09. The van der Waals surface area contributed by atoms with Crippen molar-refractivity contribution >= 4 is 34.5 Å². The van der Waals surface area contributed by atoms with Crippen LogP contribution in [0.15, 0.2) is 24.3 Å². The third-order valence-corrected chi connectivity index (χ3v) is 2.91. The molecule has 0 fully saturated rings. The second-order valence-electron chi connectivity index (χ2n) is 3.23. The highest BCUT2D eigenvalue weighted by Crippen LogP contribution is 2.10. The topological polar surface area (TPSA) is 66.4 Å². The molecule has 2 N–H and O–H groups in total. The highest BCUT2D eigenvalue weighted by molar-refractivity contribution is 14.1. The van der Waals surface area contributed by atoms with Gasteiger partial charge >= 0.3 is 5.97 Å². The number of carboxylic acids is 1. The normalized spacial score (nSPS) is 9.81. The summed E-state index contributed by atoms with van der Waals surface area (Å²) in [6, 6.07) is 7.26. The molecular weight excluding hydrogens is 321 g/mol. The Kier molecular flexibility index (Phi) is 5.24. The molecule has 4 nitrogen and oxygen atoms in total. The molecule has 16 heavy (non-hydrogen) atoms. The first-order chi connectivity index (χ1) is 7.61. The zero-order valence-corrected chi connectivity index (χ0v) is 10.7. The van der Waals surface area contributed by atoms with Crippen LogP contribution in [0, 0.1) is 3.57 Å². The first kappa shape index (κ1) is 13.0. The number of carbonyl (C=O) groups excluding carboxylic acids is 1. The first-order valence-electron chi connectivity index (χ1n) is 4.86. The molecule has 1 aromatic carbocycles. The van der Waals surface area contributed by atoms with Gasteiger partial charge in [0, 0.05) is 16.5 Å². The van der Waals surface area contributed by atoms with Crippen molar-refractivity contribution in [1.29, 1.82) is 0 Å². The summed E-state index contributed by atoms with van der Waals surface area (Å²) in [4.78, 5) is 21.9. The van der Waals surface area contributed by atoms with Gasteiger partial charge in [-0.3, -0.25) is 9.59 Å². The van der Waals surface area contributed by atoms with Crippen molar-refractivity contribution in [2.24, 2.45) is 0 Å². The molecule has 0 saturated heterocycles. The molecular formula is C11H12INO3. The lowest BCUT2D eigenvalue weighted by molar-refractivity contribution is -0.137. The van der Waals surface area contributed by atoms with Gasteiger partial charge < -0.3 is 10.4 Å². The first-order valence-corrected chi connectivity index (χ1v) is 5.93. The molecule has 0 heterocycles. The fourth-order valence-corrected chi connectivity index (χ4v) is 1.81. The Hall–Kier alpha value is -1.11. The average molecular weight is 333 g/mol. The van der Waals surface area contributed by atoms with Crippen molar-refractivity contribution in [3.8, 4) is 0 Å². The van der Waals surface area contributed by atoms with Gasteiger partial charge in [0.15, 0.2) is 0 Å². The predicted molar refractivity (Wildman–Crippen MR) is 68.4 cm³/mol. The van der Waals surface area contributed by atoms with Gasteiger partial charge in [0.05, 0.1) is 5.56 Å². The number of rotatable bonds is 5. The number of nitrogens with one attached hydrogen (secondary N) is 1. The van der Waals surface area contributed by atoms with Crippen LogP contribution < -0.4 is 5.32 Å². The molecule has 0 aromatic heterocycles. The smallest absolute Gasteiger partial charge is 0.303 e. The second-order valence-corrected chi connectivity index (χ2v) is 4.40. The van der Waals surface area contributed by atoms with E-state index in [2.05, 4.69) is 27.9 Å². The molecule has 1 rings (SSSR count). The SMILES string of the molecule is O=C(O)CCCNC(=O)c1ccccc1I. The van der Waals surface area contributed by atoms with E-state index in [9.17, 15) is 9.59 Å². The van der Waals surface area contributed by atoms with E-state index in [1.807, 2.05) is 12.1 Å². The lowest BCUT2D eigenvalue weighted by Crippen LogP contribution is -2.25. The average Bonchev–Trinajstić information content (AvgIpc) is 2.24. The van der Waals surface area contributed by atoms with Crippen LogP contribution in [0.2, 0.25) is 0 Å². The summed E-state index contributed by atoms with van der Waals surface area (Å²) in [5.74, 6) is -1.00. The Morgan fingerprint density at radius 3 is 2.62 bits per heavy atom. The highest BCUT2D eigenvalue weighted by atomic mass is 127. The van der Waals surface area contributed by atoms with Crippen molar-refractivity contribution in [3.63, 3.8) is 0 Å². The zero-order valence-electron chi connectivity index (χ0n) is 8.57. The lowest BCUT2D eigenvalue weighted by Gasteiger charge is -2.05. The second kappa shape index (κ2) is 6.47. The van der Waals surface area contributed by atoms with Crippen molar-refractivity contribution in [1.82, 2.24) is 5.32 Å². The van der Waals surface area contributed by atoms with E-state index in [4.69, 9.17) is 5.11 Å². The Balaban J connectivity index is 2.41. The molecule has 1 aromatic rings. The van der Waals surface area contributed by atoms with E-state index in [-0.39, 0.29) is 12.3 Å². The van der Waals surface area contributed by atoms with Gasteiger partial charge in [0.2, 0.25) is 0 Å². The van der Waals surface area contributed by atoms with Crippen LogP contribution in [0.4, 0.5) is 0 Å². The van der Waals surface area contributed by atoms with Crippen molar-refractivity contribution < 1.29 is 14.7 Å². The lowest BCUT2D eigenvalue weighted by atomic mass is 10.2. The Bertz CT molecular complexity index is 393. The van der Waals surface area contributed by atoms with Gasteiger partial charge in [-0.05, 0) is 41.1 Å². The van der Waals surface area contributed by atoms with E-state index >= 15 is 0 Å². The van der Waals surface area contributed by atoms with Crippen molar-refractivity contribution in [2.75, 3.05) is 6.54 Å². The number of aliphatic carboxylic acids is 1. The minimum Gasteiger partial charge on any atom is -0.481 e. The Labute approximate surface area is 107 Å². The molecule has 0 aliphatic carbocycles. The quantitative estimate of drug-likeness (QED) is 0.639. The maximum Gasteiger partial charge on any atom is 0.303 e. The summed E-state index contributed by atoms with van der Waals surface area (Å²) in [6.07, 6.45) is 0.524. The number of halogens is 1. The summed E-state index contributed by atoms with van der Waals surface area (Å²) in [6.45, 7) is 0.385. The minimum absolute atomic E-state index is 0.0756. The number of carboxylic acid groups (broad SMARTS) is 1. The Morgan fingerprint density at radius 2 is 2.00 bits per heavy atom. The molecule has 0 saturated carbocycles. The molecule has 0 aliphatic heterocycles. The van der Waals surface area contributed by atoms with E-state index in [1.165, 1.54) is 0 Å². The fourth-order valence-electron chi connectivity index (χ4n) is 1.18. The standard InChI is InChI=1S/C11H12INO3/c12-9-5-2-1-4-8(9)11(16)13-7-3-6-10(14)15/h1-2,4-5H,3,6-7H2,(H,13,16)(H,14,15).